The van der Waals surface area contributed by atoms with E-state index in [4.69, 9.17) is 4.74 Å². The van der Waals surface area contributed by atoms with Gasteiger partial charge in [-0.2, -0.15) is 0 Å². The van der Waals surface area contributed by atoms with Crippen molar-refractivity contribution in [3.63, 3.8) is 0 Å². The molecule has 5 heteroatoms. The number of hydrogen-bond donors (Lipinski definition) is 3. The lowest BCUT2D eigenvalue weighted by molar-refractivity contribution is -0.153. The van der Waals surface area contributed by atoms with Crippen molar-refractivity contribution in [2.24, 2.45) is 0 Å². The van der Waals surface area contributed by atoms with Crippen LogP contribution in [0.25, 0.3) is 0 Å². The molecule has 3 atom stereocenters. The number of rotatable bonds is 4. The van der Waals surface area contributed by atoms with Crippen molar-refractivity contribution in [1.82, 2.24) is 5.32 Å². The van der Waals surface area contributed by atoms with E-state index in [0.29, 0.717) is 19.4 Å². The fourth-order valence-electron chi connectivity index (χ4n) is 2.24. The zero-order valence-electron chi connectivity index (χ0n) is 10.9. The van der Waals surface area contributed by atoms with Crippen LogP contribution in [0, 0.1) is 0 Å². The summed E-state index contributed by atoms with van der Waals surface area (Å²) in [6.07, 6.45) is -0.243. The average molecular weight is 265 g/mol. The third kappa shape index (κ3) is 3.45. The molecule has 0 amide bonds. The summed E-state index contributed by atoms with van der Waals surface area (Å²) in [6.45, 7) is 2.15. The number of benzene rings is 1. The fourth-order valence-corrected chi connectivity index (χ4v) is 2.24. The largest absolute Gasteiger partial charge is 0.508 e. The summed E-state index contributed by atoms with van der Waals surface area (Å²) in [4.78, 5) is 11.4. The minimum Gasteiger partial charge on any atom is -0.508 e. The first kappa shape index (κ1) is 13.8. The number of aliphatic hydroxyl groups excluding tert-OH is 1. The van der Waals surface area contributed by atoms with Gasteiger partial charge in [0.05, 0.1) is 6.04 Å². The summed E-state index contributed by atoms with van der Waals surface area (Å²) in [6, 6.07) is 6.78. The van der Waals surface area contributed by atoms with E-state index >= 15 is 0 Å². The maximum Gasteiger partial charge on any atom is 0.305 e. The molecule has 1 aromatic rings. The zero-order valence-corrected chi connectivity index (χ0v) is 10.9. The lowest BCUT2D eigenvalue weighted by atomic mass is 10.0. The van der Waals surface area contributed by atoms with Gasteiger partial charge in [0, 0.05) is 13.0 Å². The molecule has 0 aromatic heterocycles. The van der Waals surface area contributed by atoms with Gasteiger partial charge >= 0.3 is 5.97 Å². The molecule has 1 aliphatic rings. The summed E-state index contributed by atoms with van der Waals surface area (Å²) in [7, 11) is 0. The van der Waals surface area contributed by atoms with Gasteiger partial charge in [-0.1, -0.05) is 19.1 Å². The molecular weight excluding hydrogens is 246 g/mol. The van der Waals surface area contributed by atoms with Crippen LogP contribution in [-0.4, -0.2) is 41.0 Å². The number of aliphatic hydroxyl groups is 1. The van der Waals surface area contributed by atoms with E-state index in [0.717, 1.165) is 5.56 Å². The first-order valence-electron chi connectivity index (χ1n) is 6.49. The van der Waals surface area contributed by atoms with Crippen molar-refractivity contribution in [3.8, 4) is 5.75 Å². The Labute approximate surface area is 112 Å². The van der Waals surface area contributed by atoms with Gasteiger partial charge in [-0.15, -0.1) is 0 Å². The molecule has 0 spiro atoms. The highest BCUT2D eigenvalue weighted by Crippen LogP contribution is 2.19. The van der Waals surface area contributed by atoms with Crippen LogP contribution < -0.4 is 5.32 Å². The van der Waals surface area contributed by atoms with Gasteiger partial charge in [0.2, 0.25) is 0 Å². The van der Waals surface area contributed by atoms with Crippen molar-refractivity contribution in [1.29, 1.82) is 0 Å². The predicted octanol–water partition coefficient (Wildman–Crippen LogP) is 0.589. The molecule has 19 heavy (non-hydrogen) atoms. The minimum atomic E-state index is -0.669. The van der Waals surface area contributed by atoms with Gasteiger partial charge in [0.15, 0.2) is 0 Å². The molecule has 104 valence electrons. The van der Waals surface area contributed by atoms with E-state index in [-0.39, 0.29) is 17.8 Å². The summed E-state index contributed by atoms with van der Waals surface area (Å²) in [5.74, 6) is -0.0828. The Morgan fingerprint density at radius 2 is 2.11 bits per heavy atom. The van der Waals surface area contributed by atoms with E-state index in [2.05, 4.69) is 5.32 Å². The van der Waals surface area contributed by atoms with Crippen molar-refractivity contribution in [2.45, 2.75) is 38.0 Å². The van der Waals surface area contributed by atoms with Gasteiger partial charge in [-0.25, -0.2) is 0 Å². The van der Waals surface area contributed by atoms with E-state index in [1.54, 1.807) is 19.1 Å². The number of nitrogens with one attached hydrogen (secondary N) is 1. The Bertz CT molecular complexity index is 432. The number of esters is 1. The van der Waals surface area contributed by atoms with Crippen LogP contribution in [0.15, 0.2) is 24.3 Å². The van der Waals surface area contributed by atoms with Crippen molar-refractivity contribution >= 4 is 5.97 Å². The SMILES string of the molecule is CCC(=O)OC1C(O)CNC1Cc1ccc(O)cc1. The van der Waals surface area contributed by atoms with E-state index < -0.39 is 12.2 Å². The molecule has 1 saturated heterocycles. The molecule has 0 radical (unpaired) electrons. The van der Waals surface area contributed by atoms with E-state index in [9.17, 15) is 15.0 Å². The minimum absolute atomic E-state index is 0.102. The van der Waals surface area contributed by atoms with Crippen LogP contribution in [0.2, 0.25) is 0 Å². The molecule has 1 fully saturated rings. The quantitative estimate of drug-likeness (QED) is 0.694. The highest BCUT2D eigenvalue weighted by molar-refractivity contribution is 5.69. The smallest absolute Gasteiger partial charge is 0.305 e. The molecule has 0 aliphatic carbocycles. The van der Waals surface area contributed by atoms with Crippen LogP contribution >= 0.6 is 0 Å². The lowest BCUT2D eigenvalue weighted by Crippen LogP contribution is -2.38. The second-order valence-electron chi connectivity index (χ2n) is 4.76. The molecule has 1 heterocycles. The highest BCUT2D eigenvalue weighted by Gasteiger charge is 2.37. The van der Waals surface area contributed by atoms with Crippen LogP contribution in [-0.2, 0) is 16.0 Å². The molecule has 1 aliphatic heterocycles. The lowest BCUT2D eigenvalue weighted by Gasteiger charge is -2.21. The van der Waals surface area contributed by atoms with Crippen LogP contribution in [0.3, 0.4) is 0 Å². The van der Waals surface area contributed by atoms with Gasteiger partial charge in [0.1, 0.15) is 18.0 Å². The van der Waals surface area contributed by atoms with Gasteiger partial charge < -0.3 is 20.3 Å². The van der Waals surface area contributed by atoms with Crippen molar-refractivity contribution < 1.29 is 19.7 Å². The number of hydrogen-bond acceptors (Lipinski definition) is 5. The molecule has 0 saturated carbocycles. The van der Waals surface area contributed by atoms with Crippen molar-refractivity contribution in [2.75, 3.05) is 6.54 Å². The molecular formula is C14H19NO4. The molecule has 5 nitrogen and oxygen atoms in total. The Morgan fingerprint density at radius 3 is 2.74 bits per heavy atom. The zero-order chi connectivity index (χ0) is 13.8. The van der Waals surface area contributed by atoms with Crippen LogP contribution in [0.1, 0.15) is 18.9 Å². The number of aromatic hydroxyl groups is 1. The van der Waals surface area contributed by atoms with E-state index in [1.165, 1.54) is 0 Å². The molecule has 0 bridgehead atoms. The summed E-state index contributed by atoms with van der Waals surface area (Å²) in [5, 5.41) is 22.2. The molecule has 1 aromatic carbocycles. The highest BCUT2D eigenvalue weighted by atomic mass is 16.6. The second kappa shape index (κ2) is 6.04. The second-order valence-corrected chi connectivity index (χ2v) is 4.76. The molecule has 2 rings (SSSR count). The number of ether oxygens (including phenoxy) is 1. The van der Waals surface area contributed by atoms with Gasteiger partial charge in [0.25, 0.3) is 0 Å². The maximum absolute atomic E-state index is 11.4. The Balaban J connectivity index is 2.01. The Kier molecular flexibility index (Phi) is 4.39. The Morgan fingerprint density at radius 1 is 1.42 bits per heavy atom. The fraction of sp³-hybridized carbons (Fsp3) is 0.500. The third-order valence-electron chi connectivity index (χ3n) is 3.31. The normalized spacial score (nSPS) is 26.3. The standard InChI is InChI=1S/C14H19NO4/c1-2-13(18)19-14-11(15-8-12(14)17)7-9-3-5-10(16)6-4-9/h3-6,11-12,14-17H,2,7-8H2,1H3. The van der Waals surface area contributed by atoms with Gasteiger partial charge in [-0.3, -0.25) is 4.79 Å². The number of phenols is 1. The van der Waals surface area contributed by atoms with Gasteiger partial charge in [-0.05, 0) is 24.1 Å². The van der Waals surface area contributed by atoms with E-state index in [1.807, 2.05) is 12.1 Å². The number of phenolic OH excluding ortho intramolecular Hbond substituents is 1. The predicted molar refractivity (Wildman–Crippen MR) is 69.8 cm³/mol. The monoisotopic (exact) mass is 265 g/mol. The summed E-state index contributed by atoms with van der Waals surface area (Å²) in [5.41, 5.74) is 1.02. The first-order chi connectivity index (χ1) is 9.10. The summed E-state index contributed by atoms with van der Waals surface area (Å²) < 4.78 is 5.28. The number of carbonyl (C=O) groups excluding carboxylic acids is 1. The van der Waals surface area contributed by atoms with Crippen LogP contribution in [0.4, 0.5) is 0 Å². The maximum atomic E-state index is 11.4. The number of carbonyl (C=O) groups is 1. The van der Waals surface area contributed by atoms with Crippen molar-refractivity contribution in [3.05, 3.63) is 29.8 Å². The summed E-state index contributed by atoms with van der Waals surface area (Å²) >= 11 is 0. The average Bonchev–Trinajstić information content (AvgIpc) is 2.74. The molecule has 3 N–H and O–H groups in total. The topological polar surface area (TPSA) is 78.8 Å². The van der Waals surface area contributed by atoms with Crippen LogP contribution in [0.5, 0.6) is 5.75 Å². The molecule has 3 unspecified atom stereocenters. The first-order valence-corrected chi connectivity index (χ1v) is 6.49. The Hall–Kier alpha value is -1.59. The number of β-amino-alcohol motifs (C(OH)–C–C–N with tert-alkyl or cyclic N) is 1. The third-order valence-corrected chi connectivity index (χ3v) is 3.31.